The van der Waals surface area contributed by atoms with Gasteiger partial charge in [-0.25, -0.2) is 0 Å². The maximum atomic E-state index is 12.3. The Morgan fingerprint density at radius 3 is 2.43 bits per heavy atom. The van der Waals surface area contributed by atoms with Gasteiger partial charge in [0.1, 0.15) is 5.92 Å². The van der Waals surface area contributed by atoms with Crippen LogP contribution in [-0.2, 0) is 9.53 Å². The molecule has 1 atom stereocenters. The number of thiophene rings is 1. The molecule has 1 unspecified atom stereocenters. The maximum Gasteiger partial charge on any atom is 0.318 e. The van der Waals surface area contributed by atoms with Crippen molar-refractivity contribution in [2.24, 2.45) is 0 Å². The number of ether oxygens (including phenoxy) is 1. The number of hydrogen-bond donors (Lipinski definition) is 0. The zero-order valence-corrected chi connectivity index (χ0v) is 13.0. The van der Waals surface area contributed by atoms with Crippen LogP contribution in [0.3, 0.4) is 0 Å². The summed E-state index contributed by atoms with van der Waals surface area (Å²) in [5.74, 6) is -0.641. The SMILES string of the molecule is CCOC(=O)C(c1ccccc1)c1ccc(C(=O)CC)s1. The van der Waals surface area contributed by atoms with Crippen molar-refractivity contribution >= 4 is 23.1 Å². The van der Waals surface area contributed by atoms with Gasteiger partial charge in [0.15, 0.2) is 5.78 Å². The van der Waals surface area contributed by atoms with Crippen molar-refractivity contribution in [1.82, 2.24) is 0 Å². The summed E-state index contributed by atoms with van der Waals surface area (Å²) in [4.78, 5) is 25.6. The first-order valence-electron chi connectivity index (χ1n) is 7.01. The van der Waals surface area contributed by atoms with Crippen LogP contribution in [0.1, 0.15) is 46.3 Å². The van der Waals surface area contributed by atoms with Crippen molar-refractivity contribution in [3.63, 3.8) is 0 Å². The highest BCUT2D eigenvalue weighted by Crippen LogP contribution is 2.32. The first-order valence-corrected chi connectivity index (χ1v) is 7.83. The molecule has 0 saturated carbocycles. The van der Waals surface area contributed by atoms with Crippen molar-refractivity contribution in [2.75, 3.05) is 6.61 Å². The minimum Gasteiger partial charge on any atom is -0.465 e. The lowest BCUT2D eigenvalue weighted by atomic mass is 9.97. The average Bonchev–Trinajstić information content (AvgIpc) is 2.97. The molecule has 2 rings (SSSR count). The molecule has 1 aromatic heterocycles. The highest BCUT2D eigenvalue weighted by atomic mass is 32.1. The van der Waals surface area contributed by atoms with E-state index in [1.165, 1.54) is 11.3 Å². The molecule has 3 nitrogen and oxygen atoms in total. The van der Waals surface area contributed by atoms with E-state index >= 15 is 0 Å². The number of Topliss-reactive ketones (excluding diaryl/α,β-unsaturated/α-hetero) is 1. The first-order chi connectivity index (χ1) is 10.2. The molecule has 0 amide bonds. The van der Waals surface area contributed by atoms with Gasteiger partial charge in [0, 0.05) is 11.3 Å². The Labute approximate surface area is 128 Å². The number of benzene rings is 1. The molecule has 0 bridgehead atoms. The highest BCUT2D eigenvalue weighted by molar-refractivity contribution is 7.14. The topological polar surface area (TPSA) is 43.4 Å². The van der Waals surface area contributed by atoms with E-state index in [0.29, 0.717) is 17.9 Å². The van der Waals surface area contributed by atoms with Gasteiger partial charge in [-0.2, -0.15) is 0 Å². The molecule has 110 valence electrons. The maximum absolute atomic E-state index is 12.3. The van der Waals surface area contributed by atoms with Crippen LogP contribution in [0, 0.1) is 0 Å². The van der Waals surface area contributed by atoms with Gasteiger partial charge >= 0.3 is 5.97 Å². The molecular weight excluding hydrogens is 284 g/mol. The Hall–Kier alpha value is -1.94. The fourth-order valence-corrected chi connectivity index (χ4v) is 3.25. The van der Waals surface area contributed by atoms with Crippen LogP contribution >= 0.6 is 11.3 Å². The van der Waals surface area contributed by atoms with Gasteiger partial charge in [0.25, 0.3) is 0 Å². The fraction of sp³-hybridized carbons (Fsp3) is 0.294. The second kappa shape index (κ2) is 7.18. The minimum absolute atomic E-state index is 0.0990. The quantitative estimate of drug-likeness (QED) is 0.597. The number of ketones is 1. The lowest BCUT2D eigenvalue weighted by Crippen LogP contribution is -2.16. The Kier molecular flexibility index (Phi) is 5.28. The molecule has 1 heterocycles. The lowest BCUT2D eigenvalue weighted by Gasteiger charge is -2.14. The number of carbonyl (C=O) groups excluding carboxylic acids is 2. The molecule has 21 heavy (non-hydrogen) atoms. The van der Waals surface area contributed by atoms with Crippen LogP contribution in [0.25, 0.3) is 0 Å². The summed E-state index contributed by atoms with van der Waals surface area (Å²) in [7, 11) is 0. The largest absolute Gasteiger partial charge is 0.465 e. The van der Waals surface area contributed by atoms with Crippen LogP contribution < -0.4 is 0 Å². The van der Waals surface area contributed by atoms with Crippen molar-refractivity contribution in [3.8, 4) is 0 Å². The summed E-state index contributed by atoms with van der Waals surface area (Å²) in [5, 5.41) is 0. The van der Waals surface area contributed by atoms with Gasteiger partial charge < -0.3 is 4.74 Å². The summed E-state index contributed by atoms with van der Waals surface area (Å²) >= 11 is 1.37. The Morgan fingerprint density at radius 1 is 1.10 bits per heavy atom. The third-order valence-electron chi connectivity index (χ3n) is 3.16. The fourth-order valence-electron chi connectivity index (χ4n) is 2.12. The van der Waals surface area contributed by atoms with Crippen molar-refractivity contribution in [2.45, 2.75) is 26.2 Å². The van der Waals surface area contributed by atoms with E-state index in [-0.39, 0.29) is 11.8 Å². The minimum atomic E-state index is -0.463. The third kappa shape index (κ3) is 3.58. The van der Waals surface area contributed by atoms with Crippen molar-refractivity contribution < 1.29 is 14.3 Å². The van der Waals surface area contributed by atoms with Gasteiger partial charge in [0.2, 0.25) is 0 Å². The predicted octanol–water partition coefficient (Wildman–Crippen LogP) is 4.04. The standard InChI is InChI=1S/C17H18O3S/c1-3-13(18)14-10-11-15(21-14)16(17(19)20-4-2)12-8-6-5-7-9-12/h5-11,16H,3-4H2,1-2H3. The predicted molar refractivity (Wildman–Crippen MR) is 83.9 cm³/mol. The van der Waals surface area contributed by atoms with Crippen LogP contribution in [-0.4, -0.2) is 18.4 Å². The summed E-state index contributed by atoms with van der Waals surface area (Å²) in [6.45, 7) is 3.97. The smallest absolute Gasteiger partial charge is 0.318 e. The van der Waals surface area contributed by atoms with E-state index in [0.717, 1.165) is 10.4 Å². The molecular formula is C17H18O3S. The van der Waals surface area contributed by atoms with Gasteiger partial charge in [-0.3, -0.25) is 9.59 Å². The molecule has 0 saturated heterocycles. The number of rotatable bonds is 6. The average molecular weight is 302 g/mol. The molecule has 2 aromatic rings. The number of carbonyl (C=O) groups is 2. The van der Waals surface area contributed by atoms with Crippen LogP contribution in [0.15, 0.2) is 42.5 Å². The van der Waals surface area contributed by atoms with Crippen LogP contribution in [0.4, 0.5) is 0 Å². The molecule has 0 spiro atoms. The second-order valence-corrected chi connectivity index (χ2v) is 5.69. The lowest BCUT2D eigenvalue weighted by molar-refractivity contribution is -0.143. The van der Waals surface area contributed by atoms with Gasteiger partial charge in [0.05, 0.1) is 11.5 Å². The monoisotopic (exact) mass is 302 g/mol. The molecule has 0 fully saturated rings. The third-order valence-corrected chi connectivity index (χ3v) is 4.35. The molecule has 1 aromatic carbocycles. The van der Waals surface area contributed by atoms with E-state index in [1.807, 2.05) is 43.3 Å². The Balaban J connectivity index is 2.38. The summed E-state index contributed by atoms with van der Waals surface area (Å²) in [6.07, 6.45) is 0.468. The van der Waals surface area contributed by atoms with Gasteiger partial charge in [-0.1, -0.05) is 37.3 Å². The van der Waals surface area contributed by atoms with E-state index in [4.69, 9.17) is 4.74 Å². The first kappa shape index (κ1) is 15.4. The number of hydrogen-bond acceptors (Lipinski definition) is 4. The summed E-state index contributed by atoms with van der Waals surface area (Å²) < 4.78 is 5.19. The molecule has 4 heteroatoms. The Bertz CT molecular complexity index is 616. The zero-order valence-electron chi connectivity index (χ0n) is 12.2. The molecule has 0 aliphatic heterocycles. The van der Waals surface area contributed by atoms with Gasteiger partial charge in [-0.15, -0.1) is 11.3 Å². The zero-order chi connectivity index (χ0) is 15.2. The highest BCUT2D eigenvalue weighted by Gasteiger charge is 2.26. The molecule has 0 aliphatic rings. The van der Waals surface area contributed by atoms with Crippen LogP contribution in [0.5, 0.6) is 0 Å². The van der Waals surface area contributed by atoms with Crippen molar-refractivity contribution in [1.29, 1.82) is 0 Å². The van der Waals surface area contributed by atoms with Gasteiger partial charge in [-0.05, 0) is 24.6 Å². The van der Waals surface area contributed by atoms with Crippen LogP contribution in [0.2, 0.25) is 0 Å². The Morgan fingerprint density at radius 2 is 1.81 bits per heavy atom. The van der Waals surface area contributed by atoms with Crippen molar-refractivity contribution in [3.05, 3.63) is 57.8 Å². The van der Waals surface area contributed by atoms with E-state index in [2.05, 4.69) is 0 Å². The molecule has 0 radical (unpaired) electrons. The number of esters is 1. The molecule has 0 N–H and O–H groups in total. The summed E-state index contributed by atoms with van der Waals surface area (Å²) in [6, 6.07) is 13.2. The van der Waals surface area contributed by atoms with E-state index in [9.17, 15) is 9.59 Å². The molecule has 0 aliphatic carbocycles. The normalized spacial score (nSPS) is 11.9. The van der Waals surface area contributed by atoms with E-state index < -0.39 is 5.92 Å². The second-order valence-electron chi connectivity index (χ2n) is 4.57. The van der Waals surface area contributed by atoms with E-state index in [1.54, 1.807) is 13.0 Å². The summed E-state index contributed by atoms with van der Waals surface area (Å²) in [5.41, 5.74) is 0.883.